The van der Waals surface area contributed by atoms with E-state index in [1.54, 1.807) is 5.92 Å². The molecule has 2 rings (SSSR count). The highest BCUT2D eigenvalue weighted by Gasteiger charge is 2.40. The SMILES string of the molecule is C=C1[C](C)[C@H]2CC[C@@H]1C2. The highest BCUT2D eigenvalue weighted by atomic mass is 14.4. The summed E-state index contributed by atoms with van der Waals surface area (Å²) in [7, 11) is 0. The van der Waals surface area contributed by atoms with Gasteiger partial charge in [0, 0.05) is 5.92 Å². The Hall–Kier alpha value is -0.260. The Morgan fingerprint density at radius 3 is 2.33 bits per heavy atom. The lowest BCUT2D eigenvalue weighted by atomic mass is 9.87. The van der Waals surface area contributed by atoms with E-state index in [0.717, 1.165) is 11.8 Å². The summed E-state index contributed by atoms with van der Waals surface area (Å²) in [6.07, 6.45) is 4.28. The van der Waals surface area contributed by atoms with Crippen LogP contribution < -0.4 is 0 Å². The molecule has 0 nitrogen and oxygen atoms in total. The van der Waals surface area contributed by atoms with Crippen LogP contribution in [0.25, 0.3) is 0 Å². The van der Waals surface area contributed by atoms with E-state index in [1.807, 2.05) is 0 Å². The Labute approximate surface area is 57.0 Å². The largest absolute Gasteiger partial charge is 0.0990 e. The summed E-state index contributed by atoms with van der Waals surface area (Å²) < 4.78 is 0. The molecular weight excluding hydrogens is 108 g/mol. The van der Waals surface area contributed by atoms with E-state index in [2.05, 4.69) is 13.5 Å². The van der Waals surface area contributed by atoms with Gasteiger partial charge in [-0.3, -0.25) is 0 Å². The molecule has 0 spiro atoms. The van der Waals surface area contributed by atoms with E-state index >= 15 is 0 Å². The summed E-state index contributed by atoms with van der Waals surface area (Å²) in [5, 5.41) is 0. The lowest BCUT2D eigenvalue weighted by molar-refractivity contribution is 0.595. The standard InChI is InChI=1S/C9H13/c1-6-7(2)9-4-3-8(6)5-9/h8-9H,1,3-5H2,2H3/t8-,9+/m1/s1. The number of rotatable bonds is 0. The fraction of sp³-hybridized carbons (Fsp3) is 0.667. The molecule has 0 heterocycles. The molecule has 2 bridgehead atoms. The Bertz CT molecular complexity index is 142. The van der Waals surface area contributed by atoms with Crippen LogP contribution in [0.1, 0.15) is 26.2 Å². The van der Waals surface area contributed by atoms with Crippen molar-refractivity contribution in [1.82, 2.24) is 0 Å². The first-order chi connectivity index (χ1) is 4.29. The minimum atomic E-state index is 0.884. The van der Waals surface area contributed by atoms with Crippen molar-refractivity contribution < 1.29 is 0 Å². The molecule has 0 amide bonds. The Balaban J connectivity index is 2.25. The summed E-state index contributed by atoms with van der Waals surface area (Å²) in [6.45, 7) is 6.34. The van der Waals surface area contributed by atoms with Gasteiger partial charge in [0.2, 0.25) is 0 Å². The minimum absolute atomic E-state index is 0.884. The first-order valence-electron chi connectivity index (χ1n) is 3.81. The maximum absolute atomic E-state index is 4.08. The molecule has 2 aliphatic rings. The third-order valence-corrected chi connectivity index (χ3v) is 3.04. The summed E-state index contributed by atoms with van der Waals surface area (Å²) in [5.41, 5.74) is 1.46. The van der Waals surface area contributed by atoms with Crippen LogP contribution in [0.5, 0.6) is 0 Å². The van der Waals surface area contributed by atoms with Gasteiger partial charge in [-0.15, -0.1) is 0 Å². The first kappa shape index (κ1) is 5.52. The van der Waals surface area contributed by atoms with Crippen molar-refractivity contribution in [2.45, 2.75) is 26.2 Å². The molecule has 2 aliphatic carbocycles. The molecular formula is C9H13. The van der Waals surface area contributed by atoms with Crippen molar-refractivity contribution in [3.63, 3.8) is 0 Å². The monoisotopic (exact) mass is 121 g/mol. The molecule has 49 valence electrons. The molecule has 0 aromatic rings. The van der Waals surface area contributed by atoms with E-state index in [4.69, 9.17) is 0 Å². The van der Waals surface area contributed by atoms with Crippen molar-refractivity contribution in [3.05, 3.63) is 18.1 Å². The van der Waals surface area contributed by atoms with Crippen LogP contribution in [0.2, 0.25) is 0 Å². The maximum Gasteiger partial charge on any atom is 0.000571 e. The predicted octanol–water partition coefficient (Wildman–Crippen LogP) is 2.57. The molecule has 0 N–H and O–H groups in total. The van der Waals surface area contributed by atoms with Crippen molar-refractivity contribution in [2.75, 3.05) is 0 Å². The van der Waals surface area contributed by atoms with Crippen LogP contribution in [0.4, 0.5) is 0 Å². The third kappa shape index (κ3) is 0.593. The molecule has 2 atom stereocenters. The average molecular weight is 121 g/mol. The fourth-order valence-corrected chi connectivity index (χ4v) is 2.28. The second-order valence-electron chi connectivity index (χ2n) is 3.42. The van der Waals surface area contributed by atoms with Crippen LogP contribution in [0, 0.1) is 17.8 Å². The zero-order valence-corrected chi connectivity index (χ0v) is 5.98. The Kier molecular flexibility index (Phi) is 0.992. The van der Waals surface area contributed by atoms with Gasteiger partial charge in [0.15, 0.2) is 0 Å². The summed E-state index contributed by atoms with van der Waals surface area (Å²) >= 11 is 0. The Morgan fingerprint density at radius 2 is 2.00 bits per heavy atom. The maximum atomic E-state index is 4.08. The zero-order chi connectivity index (χ0) is 6.43. The third-order valence-electron chi connectivity index (χ3n) is 3.04. The molecule has 1 radical (unpaired) electrons. The molecule has 0 aromatic heterocycles. The van der Waals surface area contributed by atoms with Crippen LogP contribution in [0.15, 0.2) is 12.2 Å². The Morgan fingerprint density at radius 1 is 1.33 bits per heavy atom. The summed E-state index contributed by atoms with van der Waals surface area (Å²) in [4.78, 5) is 0. The predicted molar refractivity (Wildman–Crippen MR) is 38.9 cm³/mol. The number of fused-ring (bicyclic) bond motifs is 2. The van der Waals surface area contributed by atoms with Crippen LogP contribution in [0.3, 0.4) is 0 Å². The molecule has 9 heavy (non-hydrogen) atoms. The van der Waals surface area contributed by atoms with E-state index in [-0.39, 0.29) is 0 Å². The van der Waals surface area contributed by atoms with Gasteiger partial charge < -0.3 is 0 Å². The second kappa shape index (κ2) is 1.62. The van der Waals surface area contributed by atoms with Gasteiger partial charge in [-0.25, -0.2) is 0 Å². The van der Waals surface area contributed by atoms with Crippen molar-refractivity contribution in [2.24, 2.45) is 11.8 Å². The fourth-order valence-electron chi connectivity index (χ4n) is 2.28. The van der Waals surface area contributed by atoms with E-state index in [1.165, 1.54) is 24.8 Å². The molecule has 0 aliphatic heterocycles. The highest BCUT2D eigenvalue weighted by Crippen LogP contribution is 2.51. The molecule has 0 saturated heterocycles. The van der Waals surface area contributed by atoms with Gasteiger partial charge in [0.05, 0.1) is 0 Å². The summed E-state index contributed by atoms with van der Waals surface area (Å²) in [5.74, 6) is 3.42. The topological polar surface area (TPSA) is 0 Å². The molecule has 0 heteroatoms. The molecule has 0 aromatic carbocycles. The molecule has 2 fully saturated rings. The van der Waals surface area contributed by atoms with Crippen LogP contribution in [-0.2, 0) is 0 Å². The zero-order valence-electron chi connectivity index (χ0n) is 5.98. The lowest BCUT2D eigenvalue weighted by Crippen LogP contribution is -2.05. The van der Waals surface area contributed by atoms with Crippen LogP contribution in [-0.4, -0.2) is 0 Å². The van der Waals surface area contributed by atoms with E-state index < -0.39 is 0 Å². The van der Waals surface area contributed by atoms with Gasteiger partial charge in [-0.2, -0.15) is 0 Å². The minimum Gasteiger partial charge on any atom is -0.0990 e. The quantitative estimate of drug-likeness (QED) is 0.462. The van der Waals surface area contributed by atoms with Gasteiger partial charge in [-0.1, -0.05) is 19.1 Å². The van der Waals surface area contributed by atoms with Crippen LogP contribution >= 0.6 is 0 Å². The van der Waals surface area contributed by atoms with Crippen molar-refractivity contribution in [3.8, 4) is 0 Å². The smallest absolute Gasteiger partial charge is 0.000571 e. The van der Waals surface area contributed by atoms with Gasteiger partial charge in [0.25, 0.3) is 0 Å². The first-order valence-corrected chi connectivity index (χ1v) is 3.81. The molecule has 0 unspecified atom stereocenters. The van der Waals surface area contributed by atoms with Crippen molar-refractivity contribution in [1.29, 1.82) is 0 Å². The average Bonchev–Trinajstić information content (AvgIpc) is 2.37. The van der Waals surface area contributed by atoms with Gasteiger partial charge in [-0.05, 0) is 31.1 Å². The van der Waals surface area contributed by atoms with Gasteiger partial charge in [0.1, 0.15) is 0 Å². The normalized spacial score (nSPS) is 42.6. The van der Waals surface area contributed by atoms with Gasteiger partial charge >= 0.3 is 0 Å². The lowest BCUT2D eigenvalue weighted by Gasteiger charge is -2.18. The second-order valence-corrected chi connectivity index (χ2v) is 3.42. The number of hydrogen-bond donors (Lipinski definition) is 0. The van der Waals surface area contributed by atoms with E-state index in [0.29, 0.717) is 0 Å². The number of hydrogen-bond acceptors (Lipinski definition) is 0. The summed E-state index contributed by atoms with van der Waals surface area (Å²) in [6, 6.07) is 0. The number of allylic oxidation sites excluding steroid dienone is 1. The highest BCUT2D eigenvalue weighted by molar-refractivity contribution is 5.32. The van der Waals surface area contributed by atoms with Crippen molar-refractivity contribution >= 4 is 0 Å². The van der Waals surface area contributed by atoms with E-state index in [9.17, 15) is 0 Å². The molecule has 2 saturated carbocycles.